The molecule has 6 nitrogen and oxygen atoms in total. The molecule has 0 saturated heterocycles. The van der Waals surface area contributed by atoms with Crippen molar-refractivity contribution >= 4 is 0 Å². The van der Waals surface area contributed by atoms with Crippen LogP contribution in [-0.4, -0.2) is 58.3 Å². The lowest BCUT2D eigenvalue weighted by Crippen LogP contribution is -2.50. The average Bonchev–Trinajstić information content (AvgIpc) is 2.03. The number of nitrogens with one attached hydrogen (secondary N) is 1. The van der Waals surface area contributed by atoms with Gasteiger partial charge in [0.2, 0.25) is 0 Å². The zero-order valence-electron chi connectivity index (χ0n) is 9.74. The fourth-order valence-electron chi connectivity index (χ4n) is 1.14. The molecule has 0 aromatic carbocycles. The Morgan fingerprint density at radius 2 is 2.00 bits per heavy atom. The summed E-state index contributed by atoms with van der Waals surface area (Å²) in [5.41, 5.74) is 2.62. The number of nitrogens with zero attached hydrogens (tertiary/aromatic N) is 2. The second-order valence-electron chi connectivity index (χ2n) is 3.27. The molecule has 1 atom stereocenters. The summed E-state index contributed by atoms with van der Waals surface area (Å²) in [5.74, 6) is 0. The van der Waals surface area contributed by atoms with Gasteiger partial charge in [-0.3, -0.25) is 0 Å². The Bertz CT molecular complexity index is 146. The van der Waals surface area contributed by atoms with Gasteiger partial charge in [-0.2, -0.15) is 0 Å². The van der Waals surface area contributed by atoms with E-state index in [0.29, 0.717) is 13.2 Å². The summed E-state index contributed by atoms with van der Waals surface area (Å²) in [4.78, 5) is 10.7. The summed E-state index contributed by atoms with van der Waals surface area (Å²) in [6.45, 7) is 1.39. The van der Waals surface area contributed by atoms with Crippen molar-refractivity contribution in [3.05, 3.63) is 0 Å². The van der Waals surface area contributed by atoms with Crippen LogP contribution < -0.4 is 5.48 Å². The molecule has 14 heavy (non-hydrogen) atoms. The highest BCUT2D eigenvalue weighted by molar-refractivity contribution is 4.28. The number of ether oxygens (including phenoxy) is 1. The second kappa shape index (κ2) is 7.10. The van der Waals surface area contributed by atoms with E-state index in [9.17, 15) is 0 Å². The van der Waals surface area contributed by atoms with Crippen molar-refractivity contribution < 1.29 is 19.4 Å². The molecule has 0 aromatic heterocycles. The second-order valence-corrected chi connectivity index (χ2v) is 3.27. The van der Waals surface area contributed by atoms with Crippen LogP contribution in [0, 0.1) is 0 Å². The predicted octanol–water partition coefficient (Wildman–Crippen LogP) is -0.0563. The van der Waals surface area contributed by atoms with Crippen molar-refractivity contribution in [3.63, 3.8) is 0 Å². The van der Waals surface area contributed by atoms with E-state index >= 15 is 0 Å². The van der Waals surface area contributed by atoms with Gasteiger partial charge in [-0.05, 0) is 4.81 Å². The highest BCUT2D eigenvalue weighted by Crippen LogP contribution is 2.06. The highest BCUT2D eigenvalue weighted by Gasteiger charge is 2.27. The van der Waals surface area contributed by atoms with E-state index in [0.717, 1.165) is 6.42 Å². The molecular formula is C8H22N3O3+. The standard InChI is InChI=1S/C8H22N3O3/c1-9-13-11(4,14-10(2)3)7-6-8-12-5/h9H,6-8H2,1-5H3/q+1. The Morgan fingerprint density at radius 3 is 2.43 bits per heavy atom. The molecule has 0 amide bonds. The van der Waals surface area contributed by atoms with Gasteiger partial charge in [-0.15, -0.1) is 10.5 Å². The molecule has 0 aliphatic rings. The summed E-state index contributed by atoms with van der Waals surface area (Å²) in [7, 11) is 8.83. The number of methoxy groups -OCH3 is 1. The van der Waals surface area contributed by atoms with Gasteiger partial charge in [-0.25, -0.2) is 0 Å². The minimum Gasteiger partial charge on any atom is -0.384 e. The monoisotopic (exact) mass is 208 g/mol. The van der Waals surface area contributed by atoms with Crippen molar-refractivity contribution in [2.24, 2.45) is 0 Å². The molecule has 0 radical (unpaired) electrons. The molecule has 86 valence electrons. The molecule has 0 spiro atoms. The van der Waals surface area contributed by atoms with Gasteiger partial charge in [0.05, 0.1) is 6.61 Å². The van der Waals surface area contributed by atoms with E-state index in [1.54, 1.807) is 19.2 Å². The maximum atomic E-state index is 5.46. The summed E-state index contributed by atoms with van der Waals surface area (Å²) < 4.78 is 4.97. The van der Waals surface area contributed by atoms with Gasteiger partial charge in [0.25, 0.3) is 0 Å². The summed E-state index contributed by atoms with van der Waals surface area (Å²) in [6, 6.07) is 0. The van der Waals surface area contributed by atoms with E-state index in [-0.39, 0.29) is 4.81 Å². The average molecular weight is 208 g/mol. The van der Waals surface area contributed by atoms with Crippen molar-refractivity contribution in [1.82, 2.24) is 10.5 Å². The van der Waals surface area contributed by atoms with Gasteiger partial charge in [0.1, 0.15) is 13.6 Å². The Balaban J connectivity index is 3.95. The summed E-state index contributed by atoms with van der Waals surface area (Å²) >= 11 is 0. The van der Waals surface area contributed by atoms with Gasteiger partial charge in [0, 0.05) is 34.7 Å². The first-order chi connectivity index (χ1) is 6.54. The van der Waals surface area contributed by atoms with Crippen LogP contribution in [0.25, 0.3) is 0 Å². The Hall–Kier alpha value is -0.240. The van der Waals surface area contributed by atoms with E-state index in [1.807, 2.05) is 21.1 Å². The van der Waals surface area contributed by atoms with Crippen molar-refractivity contribution in [3.8, 4) is 0 Å². The molecular weight excluding hydrogens is 186 g/mol. The van der Waals surface area contributed by atoms with Gasteiger partial charge >= 0.3 is 0 Å². The van der Waals surface area contributed by atoms with Crippen LogP contribution in [0.3, 0.4) is 0 Å². The lowest BCUT2D eigenvalue weighted by atomic mass is 10.4. The van der Waals surface area contributed by atoms with Crippen molar-refractivity contribution in [1.29, 1.82) is 0 Å². The topological polar surface area (TPSA) is 43.0 Å². The van der Waals surface area contributed by atoms with Crippen LogP contribution in [0.4, 0.5) is 0 Å². The molecule has 0 heterocycles. The molecule has 0 aliphatic heterocycles. The lowest BCUT2D eigenvalue weighted by molar-refractivity contribution is -1.26. The van der Waals surface area contributed by atoms with Crippen LogP contribution in [-0.2, 0) is 14.6 Å². The van der Waals surface area contributed by atoms with Crippen molar-refractivity contribution in [2.45, 2.75) is 6.42 Å². The van der Waals surface area contributed by atoms with Gasteiger partial charge in [-0.1, -0.05) is 9.88 Å². The minimum atomic E-state index is 0.0207. The van der Waals surface area contributed by atoms with Crippen LogP contribution in [0.15, 0.2) is 0 Å². The number of hydroxylamine groups is 7. The molecule has 0 rings (SSSR count). The molecule has 0 bridgehead atoms. The molecule has 6 heteroatoms. The quantitative estimate of drug-likeness (QED) is 0.344. The molecule has 0 saturated carbocycles. The van der Waals surface area contributed by atoms with E-state index in [1.165, 1.54) is 0 Å². The number of hydrogen-bond donors (Lipinski definition) is 1. The highest BCUT2D eigenvalue weighted by atomic mass is 17.1. The van der Waals surface area contributed by atoms with Crippen molar-refractivity contribution in [2.75, 3.05) is 48.5 Å². The third-order valence-corrected chi connectivity index (χ3v) is 1.53. The van der Waals surface area contributed by atoms with Crippen LogP contribution >= 0.6 is 0 Å². The summed E-state index contributed by atoms with van der Waals surface area (Å²) in [5, 5.41) is 1.60. The maximum absolute atomic E-state index is 5.46. The molecule has 0 aromatic rings. The first kappa shape index (κ1) is 13.8. The predicted molar refractivity (Wildman–Crippen MR) is 52.5 cm³/mol. The fourth-order valence-corrected chi connectivity index (χ4v) is 1.14. The third-order valence-electron chi connectivity index (χ3n) is 1.53. The fraction of sp³-hybridized carbons (Fsp3) is 1.00. The largest absolute Gasteiger partial charge is 0.384 e. The SMILES string of the molecule is CNO[N+](C)(CCCOC)ON(C)C. The number of quaternary nitrogens is 1. The lowest BCUT2D eigenvalue weighted by Gasteiger charge is -2.28. The van der Waals surface area contributed by atoms with Crippen LogP contribution in [0.2, 0.25) is 0 Å². The Labute approximate surface area is 85.7 Å². The zero-order chi connectivity index (χ0) is 11.0. The number of hydrogen-bond acceptors (Lipinski definition) is 5. The van der Waals surface area contributed by atoms with E-state index in [4.69, 9.17) is 14.6 Å². The summed E-state index contributed by atoms with van der Waals surface area (Å²) in [6.07, 6.45) is 0.864. The molecule has 0 fully saturated rings. The molecule has 1 N–H and O–H groups in total. The van der Waals surface area contributed by atoms with Crippen LogP contribution in [0.5, 0.6) is 0 Å². The Kier molecular flexibility index (Phi) is 6.98. The molecule has 0 aliphatic carbocycles. The maximum Gasteiger partial charge on any atom is 0.148 e. The van der Waals surface area contributed by atoms with Gasteiger partial charge < -0.3 is 4.74 Å². The smallest absolute Gasteiger partial charge is 0.148 e. The minimum absolute atomic E-state index is 0.0207. The normalized spacial score (nSPS) is 15.9. The molecule has 1 unspecified atom stereocenters. The first-order valence-corrected chi connectivity index (χ1v) is 4.61. The Morgan fingerprint density at radius 1 is 1.36 bits per heavy atom. The van der Waals surface area contributed by atoms with Crippen LogP contribution in [0.1, 0.15) is 6.42 Å². The van der Waals surface area contributed by atoms with E-state index in [2.05, 4.69) is 5.48 Å². The van der Waals surface area contributed by atoms with Gasteiger partial charge in [0.15, 0.2) is 0 Å². The van der Waals surface area contributed by atoms with E-state index < -0.39 is 0 Å². The third kappa shape index (κ3) is 6.25. The zero-order valence-corrected chi connectivity index (χ0v) is 9.74. The first-order valence-electron chi connectivity index (χ1n) is 4.61. The number of rotatable bonds is 8.